The Morgan fingerprint density at radius 1 is 1.25 bits per heavy atom. The standard InChI is InChI=1S/ClH.H3NO.No/c;1-2;/h1H;2H,1H2;. The zero-order valence-corrected chi connectivity index (χ0v) is 4.74. The minimum Gasteiger partial charge on any atom is -0.320 e. The maximum atomic E-state index is 6.50. The minimum absolute atomic E-state index is 0. The van der Waals surface area contributed by atoms with E-state index in [1.165, 1.54) is 0 Å². The van der Waals surface area contributed by atoms with Crippen LogP contribution in [0.15, 0.2) is 0 Å². The Morgan fingerprint density at radius 3 is 1.25 bits per heavy atom. The predicted molar refractivity (Wildman–Crippen MR) is 13.2 cm³/mol. The van der Waals surface area contributed by atoms with Crippen LogP contribution in [0.3, 0.4) is 0 Å². The first-order chi connectivity index (χ1) is 1.00. The molecule has 0 aliphatic carbocycles. The fourth-order valence-corrected chi connectivity index (χ4v) is 0. The van der Waals surface area contributed by atoms with Crippen molar-refractivity contribution in [3.63, 3.8) is 0 Å². The summed E-state index contributed by atoms with van der Waals surface area (Å²) in [5, 5.41) is 6.50. The molecule has 0 aliphatic rings. The Labute approximate surface area is 24.6 Å². The topological polar surface area (TPSA) is 46.2 Å². The quantitative estimate of drug-likeness (QED) is 0.603. The van der Waals surface area contributed by atoms with Crippen LogP contribution in [-0.4, -0.2) is 5.21 Å². The Hall–Kier alpha value is -0.790. The molecule has 0 rings (SSSR count). The van der Waals surface area contributed by atoms with Crippen molar-refractivity contribution in [1.29, 1.82) is 0 Å². The average Bonchev–Trinajstić information content (AvgIpc) is 1.00. The van der Waals surface area contributed by atoms with Gasteiger partial charge < -0.3 is 5.21 Å². The zero-order chi connectivity index (χ0) is 2.00. The van der Waals surface area contributed by atoms with E-state index in [0.29, 0.717) is 0 Å². The summed E-state index contributed by atoms with van der Waals surface area (Å²) in [6.07, 6.45) is 0. The maximum Gasteiger partial charge on any atom is 0 e. The van der Waals surface area contributed by atoms with Crippen LogP contribution in [0.2, 0.25) is 0 Å². The van der Waals surface area contributed by atoms with Crippen LogP contribution < -0.4 is 5.90 Å². The van der Waals surface area contributed by atoms with Crippen LogP contribution in [0.4, 0.5) is 0 Å². The van der Waals surface area contributed by atoms with Crippen molar-refractivity contribution < 1.29 is 5.21 Å². The molecular formula is H4ClNNoO. The Kier molecular flexibility index (Phi) is 461. The molecule has 0 amide bonds. The Bertz CT molecular complexity index is 8.00. The molecular weight excluding hydrogens is 324 g/mol. The summed E-state index contributed by atoms with van der Waals surface area (Å²) in [7, 11) is 0. The Balaban J connectivity index is -0.00000000500. The fraction of sp³-hybridized carbons (Fsp3) is 0. The third-order valence-electron chi connectivity index (χ3n) is 0. The molecule has 3 N–H and O–H groups in total. The van der Waals surface area contributed by atoms with Crippen molar-refractivity contribution in [3.8, 4) is 0 Å². The molecule has 0 aromatic carbocycles. The molecule has 0 aromatic heterocycles. The van der Waals surface area contributed by atoms with Gasteiger partial charge in [-0.1, -0.05) is 0 Å². The van der Waals surface area contributed by atoms with Crippen molar-refractivity contribution in [2.45, 2.75) is 0 Å². The van der Waals surface area contributed by atoms with Gasteiger partial charge in [0.2, 0.25) is 0 Å². The van der Waals surface area contributed by atoms with Crippen LogP contribution in [-0.2, 0) is 0 Å². The van der Waals surface area contributed by atoms with Crippen LogP contribution in [0.1, 0.15) is 0 Å². The van der Waals surface area contributed by atoms with Gasteiger partial charge in [0.05, 0.1) is 0 Å². The van der Waals surface area contributed by atoms with E-state index in [9.17, 15) is 0 Å². The smallest absolute Gasteiger partial charge is 0 e. The molecule has 0 unspecified atom stereocenters. The zero-order valence-electron chi connectivity index (χ0n) is 1.70. The molecule has 0 radical (unpaired) electrons. The van der Waals surface area contributed by atoms with E-state index in [1.807, 2.05) is 0 Å². The number of hydrogen-bond acceptors (Lipinski definition) is 2. The molecule has 4 heavy (non-hydrogen) atoms. The van der Waals surface area contributed by atoms with Crippen molar-refractivity contribution in [2.75, 3.05) is 0 Å². The molecule has 36 valence electrons. The summed E-state index contributed by atoms with van der Waals surface area (Å²) in [6.45, 7) is 0. The van der Waals surface area contributed by atoms with E-state index in [2.05, 4.69) is 5.90 Å². The van der Waals surface area contributed by atoms with E-state index in [1.54, 1.807) is 0 Å². The molecule has 0 spiro atoms. The first-order valence-corrected chi connectivity index (χ1v) is 0.258. The van der Waals surface area contributed by atoms with E-state index in [-0.39, 0.29) is 12.4 Å². The van der Waals surface area contributed by atoms with Crippen molar-refractivity contribution in [2.24, 2.45) is 5.90 Å². The van der Waals surface area contributed by atoms with Crippen molar-refractivity contribution in [1.82, 2.24) is 0 Å². The third kappa shape index (κ3) is 0.0855. The van der Waals surface area contributed by atoms with Gasteiger partial charge in [0.1, 0.15) is 0 Å². The molecule has 0 atom stereocenters. The second kappa shape index (κ2) is 5.18. The largest absolute Gasteiger partial charge is 0.320 e. The summed E-state index contributed by atoms with van der Waals surface area (Å²) in [6, 6.07) is 0. The Morgan fingerprint density at radius 2 is 1.25 bits per heavy atom. The predicted octanol–water partition coefficient (Wildman–Crippen LogP) is -0.244. The van der Waals surface area contributed by atoms with Gasteiger partial charge in [-0.25, -0.2) is 5.90 Å². The second-order valence-electron chi connectivity index (χ2n) is 0. The van der Waals surface area contributed by atoms with Crippen LogP contribution >= 0.6 is 12.4 Å². The monoisotopic (exact) mass is 328 g/mol. The number of nitrogens with two attached hydrogens (primary N) is 1. The van der Waals surface area contributed by atoms with Gasteiger partial charge in [-0.2, -0.15) is 0 Å². The summed E-state index contributed by atoms with van der Waals surface area (Å²) in [4.78, 5) is 0. The average molecular weight is 328 g/mol. The molecule has 0 saturated carbocycles. The van der Waals surface area contributed by atoms with Gasteiger partial charge in [0, 0.05) is 0 Å². The fourth-order valence-electron chi connectivity index (χ4n) is 0. The molecule has 0 saturated heterocycles. The van der Waals surface area contributed by atoms with E-state index in [4.69, 9.17) is 5.21 Å². The first-order valence-electron chi connectivity index (χ1n) is 0.258. The van der Waals surface area contributed by atoms with Gasteiger partial charge in [-0.3, -0.25) is 0 Å². The molecule has 0 fully saturated rings. The molecule has 0 heterocycles. The summed E-state index contributed by atoms with van der Waals surface area (Å²) < 4.78 is 0. The van der Waals surface area contributed by atoms with Crippen molar-refractivity contribution in [3.05, 3.63) is 0 Å². The van der Waals surface area contributed by atoms with Gasteiger partial charge in [0.25, 0.3) is 0 Å². The van der Waals surface area contributed by atoms with E-state index in [0.717, 1.165) is 0 Å². The molecule has 2 nitrogen and oxygen atoms in total. The van der Waals surface area contributed by atoms with Crippen LogP contribution in [0.5, 0.6) is 0 Å². The van der Waals surface area contributed by atoms with Crippen LogP contribution in [0, 0.1) is 0 Å². The maximum absolute atomic E-state index is 6.50. The first kappa shape index (κ1) is 356. The van der Waals surface area contributed by atoms with Crippen molar-refractivity contribution >= 4 is 12.4 Å². The SMILES string of the molecule is Cl.NO.[No]. The number of halogens is 1. The molecule has 4 heteroatoms. The van der Waals surface area contributed by atoms with Gasteiger partial charge in [0.15, 0.2) is 0 Å². The summed E-state index contributed by atoms with van der Waals surface area (Å²) in [5.41, 5.74) is 0. The number of rotatable bonds is 0. The third-order valence-corrected chi connectivity index (χ3v) is 0. The molecule has 0 aliphatic heterocycles. The normalized spacial score (nSPS) is 1.50. The molecule has 0 aromatic rings. The summed E-state index contributed by atoms with van der Waals surface area (Å²) >= 11 is 0. The van der Waals surface area contributed by atoms with E-state index < -0.39 is 0 Å². The minimum atomic E-state index is 0. The number of hydrogen-bond donors (Lipinski definition) is 2. The van der Waals surface area contributed by atoms with Gasteiger partial charge in [-0.15, -0.1) is 12.4 Å². The second-order valence-corrected chi connectivity index (χ2v) is 0. The van der Waals surface area contributed by atoms with Gasteiger partial charge >= 0.3 is 0 Å². The van der Waals surface area contributed by atoms with Gasteiger partial charge in [-0.05, 0) is 0 Å². The van der Waals surface area contributed by atoms with E-state index >= 15 is 0 Å². The molecule has 0 bridgehead atoms. The summed E-state index contributed by atoms with van der Waals surface area (Å²) in [5.74, 6) is 3.50. The van der Waals surface area contributed by atoms with Crippen LogP contribution in [0.25, 0.3) is 0 Å².